The van der Waals surface area contributed by atoms with Crippen molar-refractivity contribution in [2.45, 2.75) is 19.1 Å². The molecule has 0 amide bonds. The van der Waals surface area contributed by atoms with Crippen molar-refractivity contribution >= 4 is 0 Å². The first kappa shape index (κ1) is 12.1. The second-order valence-electron chi connectivity index (χ2n) is 3.35. The van der Waals surface area contributed by atoms with Crippen molar-refractivity contribution in [3.8, 4) is 0 Å². The normalized spacial score (nSPS) is 15.0. The molecular formula is C11H15F2NO. The maximum Gasteiger partial charge on any atom is 0.163 e. The van der Waals surface area contributed by atoms with Crippen molar-refractivity contribution < 1.29 is 13.5 Å². The molecule has 0 fully saturated rings. The lowest BCUT2D eigenvalue weighted by Crippen LogP contribution is -2.29. The number of benzene rings is 1. The first-order valence-electron chi connectivity index (χ1n) is 4.75. The van der Waals surface area contributed by atoms with E-state index in [2.05, 4.69) is 5.32 Å². The van der Waals surface area contributed by atoms with Crippen molar-refractivity contribution in [2.75, 3.05) is 14.2 Å². The highest BCUT2D eigenvalue weighted by Gasteiger charge is 2.21. The van der Waals surface area contributed by atoms with Crippen molar-refractivity contribution in [3.05, 3.63) is 35.4 Å². The fourth-order valence-electron chi connectivity index (χ4n) is 1.54. The Balaban J connectivity index is 3.07. The van der Waals surface area contributed by atoms with Gasteiger partial charge >= 0.3 is 0 Å². The van der Waals surface area contributed by atoms with E-state index in [4.69, 9.17) is 4.74 Å². The van der Waals surface area contributed by atoms with E-state index in [1.54, 1.807) is 20.0 Å². The minimum Gasteiger partial charge on any atom is -0.380 e. The molecule has 15 heavy (non-hydrogen) atoms. The minimum atomic E-state index is -0.837. The Hall–Kier alpha value is -1.00. The molecule has 1 aromatic carbocycles. The lowest BCUT2D eigenvalue weighted by atomic mass is 10.0. The highest BCUT2D eigenvalue weighted by molar-refractivity contribution is 5.23. The van der Waals surface area contributed by atoms with Gasteiger partial charge in [-0.3, -0.25) is 0 Å². The van der Waals surface area contributed by atoms with Gasteiger partial charge in [-0.25, -0.2) is 8.78 Å². The Morgan fingerprint density at radius 2 is 2.00 bits per heavy atom. The van der Waals surface area contributed by atoms with Gasteiger partial charge in [-0.15, -0.1) is 0 Å². The maximum absolute atomic E-state index is 13.5. The molecule has 1 N–H and O–H groups in total. The van der Waals surface area contributed by atoms with Crippen molar-refractivity contribution in [2.24, 2.45) is 0 Å². The summed E-state index contributed by atoms with van der Waals surface area (Å²) >= 11 is 0. The van der Waals surface area contributed by atoms with Crippen LogP contribution in [0.2, 0.25) is 0 Å². The standard InChI is InChI=1S/C11H15F2NO/c1-7(15-3)11(14-2)8-5-4-6-9(12)10(8)13/h4-7,11,14H,1-3H3. The molecule has 2 atom stereocenters. The number of hydrogen-bond acceptors (Lipinski definition) is 2. The van der Waals surface area contributed by atoms with Crippen LogP contribution >= 0.6 is 0 Å². The van der Waals surface area contributed by atoms with Crippen LogP contribution in [0, 0.1) is 11.6 Å². The zero-order valence-electron chi connectivity index (χ0n) is 9.05. The molecule has 0 aliphatic heterocycles. The number of nitrogens with one attached hydrogen (secondary N) is 1. The van der Waals surface area contributed by atoms with Crippen LogP contribution in [-0.4, -0.2) is 20.3 Å². The van der Waals surface area contributed by atoms with Gasteiger partial charge in [-0.1, -0.05) is 12.1 Å². The van der Waals surface area contributed by atoms with Crippen LogP contribution in [0.4, 0.5) is 8.78 Å². The van der Waals surface area contributed by atoms with Crippen LogP contribution in [0.5, 0.6) is 0 Å². The Labute approximate surface area is 88.3 Å². The molecule has 0 aromatic heterocycles. The van der Waals surface area contributed by atoms with E-state index in [1.807, 2.05) is 0 Å². The van der Waals surface area contributed by atoms with Gasteiger partial charge in [-0.2, -0.15) is 0 Å². The van der Waals surface area contributed by atoms with Gasteiger partial charge in [0.2, 0.25) is 0 Å². The number of methoxy groups -OCH3 is 1. The molecular weight excluding hydrogens is 200 g/mol. The predicted octanol–water partition coefficient (Wildman–Crippen LogP) is 2.26. The lowest BCUT2D eigenvalue weighted by Gasteiger charge is -2.23. The lowest BCUT2D eigenvalue weighted by molar-refractivity contribution is 0.0842. The molecule has 0 bridgehead atoms. The summed E-state index contributed by atoms with van der Waals surface area (Å²) in [6.07, 6.45) is -0.230. The van der Waals surface area contributed by atoms with Gasteiger partial charge in [0.25, 0.3) is 0 Å². The number of halogens is 2. The molecule has 0 spiro atoms. The summed E-state index contributed by atoms with van der Waals surface area (Å²) in [5, 5.41) is 2.91. The second-order valence-corrected chi connectivity index (χ2v) is 3.35. The van der Waals surface area contributed by atoms with Gasteiger partial charge < -0.3 is 10.1 Å². The van der Waals surface area contributed by atoms with Crippen molar-refractivity contribution in [3.63, 3.8) is 0 Å². The molecule has 84 valence electrons. The molecule has 0 aliphatic carbocycles. The molecule has 2 unspecified atom stereocenters. The molecule has 0 heterocycles. The molecule has 0 saturated heterocycles. The summed E-state index contributed by atoms with van der Waals surface area (Å²) in [6, 6.07) is 3.78. The topological polar surface area (TPSA) is 21.3 Å². The Morgan fingerprint density at radius 3 is 2.53 bits per heavy atom. The second kappa shape index (κ2) is 5.19. The molecule has 2 nitrogen and oxygen atoms in total. The van der Waals surface area contributed by atoms with Crippen LogP contribution in [0.1, 0.15) is 18.5 Å². The average molecular weight is 215 g/mol. The van der Waals surface area contributed by atoms with E-state index in [0.29, 0.717) is 0 Å². The number of rotatable bonds is 4. The minimum absolute atomic E-state index is 0.230. The van der Waals surface area contributed by atoms with Crippen LogP contribution in [-0.2, 0) is 4.74 Å². The number of likely N-dealkylation sites (N-methyl/N-ethyl adjacent to an activating group) is 1. The average Bonchev–Trinajstić information content (AvgIpc) is 2.24. The highest BCUT2D eigenvalue weighted by Crippen LogP contribution is 2.22. The monoisotopic (exact) mass is 215 g/mol. The largest absolute Gasteiger partial charge is 0.380 e. The van der Waals surface area contributed by atoms with Gasteiger partial charge in [0.1, 0.15) is 0 Å². The first-order valence-corrected chi connectivity index (χ1v) is 4.75. The fraction of sp³-hybridized carbons (Fsp3) is 0.455. The van der Waals surface area contributed by atoms with Gasteiger partial charge in [0, 0.05) is 12.7 Å². The van der Waals surface area contributed by atoms with Crippen LogP contribution in [0.15, 0.2) is 18.2 Å². The van der Waals surface area contributed by atoms with Crippen LogP contribution < -0.4 is 5.32 Å². The Kier molecular flexibility index (Phi) is 4.17. The molecule has 4 heteroatoms. The van der Waals surface area contributed by atoms with Crippen LogP contribution in [0.25, 0.3) is 0 Å². The predicted molar refractivity (Wildman–Crippen MR) is 54.6 cm³/mol. The highest BCUT2D eigenvalue weighted by atomic mass is 19.2. The summed E-state index contributed by atoms with van der Waals surface area (Å²) < 4.78 is 31.6. The third-order valence-corrected chi connectivity index (χ3v) is 2.47. The van der Waals surface area contributed by atoms with Crippen LogP contribution in [0.3, 0.4) is 0 Å². The molecule has 0 radical (unpaired) electrons. The molecule has 1 aromatic rings. The zero-order chi connectivity index (χ0) is 11.4. The Bertz CT molecular complexity index is 330. The zero-order valence-corrected chi connectivity index (χ0v) is 9.05. The molecule has 1 rings (SSSR count). The van der Waals surface area contributed by atoms with E-state index in [0.717, 1.165) is 6.07 Å². The smallest absolute Gasteiger partial charge is 0.163 e. The molecule has 0 aliphatic rings. The van der Waals surface area contributed by atoms with Gasteiger partial charge in [0.05, 0.1) is 12.1 Å². The SMILES string of the molecule is CNC(c1cccc(F)c1F)C(C)OC. The summed E-state index contributed by atoms with van der Waals surface area (Å²) in [7, 11) is 3.22. The van der Waals surface area contributed by atoms with Gasteiger partial charge in [-0.05, 0) is 20.0 Å². The summed E-state index contributed by atoms with van der Waals surface area (Å²) in [6.45, 7) is 1.80. The maximum atomic E-state index is 13.5. The van der Waals surface area contributed by atoms with Gasteiger partial charge in [0.15, 0.2) is 11.6 Å². The first-order chi connectivity index (χ1) is 7.11. The van der Waals surface area contributed by atoms with E-state index in [9.17, 15) is 8.78 Å². The fourth-order valence-corrected chi connectivity index (χ4v) is 1.54. The summed E-state index contributed by atoms with van der Waals surface area (Å²) in [5.41, 5.74) is 0.284. The van der Waals surface area contributed by atoms with Crippen molar-refractivity contribution in [1.82, 2.24) is 5.32 Å². The third kappa shape index (κ3) is 2.52. The Morgan fingerprint density at radius 1 is 1.33 bits per heavy atom. The van der Waals surface area contributed by atoms with E-state index >= 15 is 0 Å². The molecule has 0 saturated carbocycles. The van der Waals surface area contributed by atoms with E-state index in [1.165, 1.54) is 13.2 Å². The number of ether oxygens (including phenoxy) is 1. The summed E-state index contributed by atoms with van der Waals surface area (Å²) in [5.74, 6) is -1.66. The van der Waals surface area contributed by atoms with E-state index in [-0.39, 0.29) is 17.7 Å². The van der Waals surface area contributed by atoms with Crippen molar-refractivity contribution in [1.29, 1.82) is 0 Å². The van der Waals surface area contributed by atoms with E-state index < -0.39 is 11.6 Å². The summed E-state index contributed by atoms with van der Waals surface area (Å²) in [4.78, 5) is 0. The number of hydrogen-bond donors (Lipinski definition) is 1. The third-order valence-electron chi connectivity index (χ3n) is 2.47. The quantitative estimate of drug-likeness (QED) is 0.831.